The molecule has 0 N–H and O–H groups in total. The van der Waals surface area contributed by atoms with E-state index in [1.165, 1.54) is 5.47 Å². The normalized spacial score (nSPS) is 23.6. The second-order valence-corrected chi connectivity index (χ2v) is 5.19. The lowest BCUT2D eigenvalue weighted by atomic mass is 9.75. The van der Waals surface area contributed by atoms with Gasteiger partial charge in [0.2, 0.25) is 0 Å². The largest absolute Gasteiger partial charge is 0.490 e. The van der Waals surface area contributed by atoms with Gasteiger partial charge in [-0.2, -0.15) is 0 Å². The minimum absolute atomic E-state index is 0.182. The van der Waals surface area contributed by atoms with Crippen LogP contribution in [0.4, 0.5) is 0 Å². The van der Waals surface area contributed by atoms with Crippen LogP contribution in [0.5, 0.6) is 0 Å². The van der Waals surface area contributed by atoms with E-state index < -0.39 is 0 Å². The van der Waals surface area contributed by atoms with E-state index in [4.69, 9.17) is 14.0 Å². The zero-order chi connectivity index (χ0) is 15.1. The van der Waals surface area contributed by atoms with Gasteiger partial charge in [-0.25, -0.2) is 0 Å². The number of hydrogen-bond acceptors (Lipinski definition) is 3. The van der Waals surface area contributed by atoms with Crippen molar-refractivity contribution in [1.29, 1.82) is 0 Å². The van der Waals surface area contributed by atoms with Gasteiger partial charge in [-0.1, -0.05) is 33.8 Å². The van der Waals surface area contributed by atoms with Gasteiger partial charge in [-0.15, -0.1) is 0 Å². The van der Waals surface area contributed by atoms with Crippen molar-refractivity contribution in [3.63, 3.8) is 0 Å². The molecule has 2 rings (SSSR count). The first-order valence-corrected chi connectivity index (χ1v) is 7.55. The Hall–Kier alpha value is -0.315. The summed E-state index contributed by atoms with van der Waals surface area (Å²) >= 11 is 0. The van der Waals surface area contributed by atoms with E-state index in [2.05, 4.69) is 33.8 Å². The third-order valence-electron chi connectivity index (χ3n) is 3.55. The Kier molecular flexibility index (Phi) is 7.95. The number of hydrogen-bond donors (Lipinski definition) is 0. The fourth-order valence-electron chi connectivity index (χ4n) is 1.75. The summed E-state index contributed by atoms with van der Waals surface area (Å²) in [6.07, 6.45) is 2.99. The summed E-state index contributed by atoms with van der Waals surface area (Å²) in [5, 5.41) is 0. The van der Waals surface area contributed by atoms with Gasteiger partial charge < -0.3 is 14.0 Å². The molecule has 0 unspecified atom stereocenters. The standard InChI is InChI=1S/C11H19BO3.2C2H6/c1-10(2)11(3,4)15-12(14-10)9-5-7-13-8-6-9;2*1-2/h5H,6-8H2,1-4H3;2*1-2H3. The Balaban J connectivity index is 0.000000741. The summed E-state index contributed by atoms with van der Waals surface area (Å²) in [6, 6.07) is 0. The molecule has 0 bridgehead atoms. The molecule has 2 heterocycles. The summed E-state index contributed by atoms with van der Waals surface area (Å²) < 4.78 is 17.2. The average Bonchev–Trinajstić information content (AvgIpc) is 2.64. The van der Waals surface area contributed by atoms with Crippen molar-refractivity contribution in [3.8, 4) is 0 Å². The van der Waals surface area contributed by atoms with Crippen molar-refractivity contribution in [2.24, 2.45) is 0 Å². The molecule has 2 aliphatic heterocycles. The van der Waals surface area contributed by atoms with Crippen LogP contribution in [0.3, 0.4) is 0 Å². The smallest absolute Gasteiger partial charge is 0.400 e. The van der Waals surface area contributed by atoms with Crippen molar-refractivity contribution in [2.75, 3.05) is 13.2 Å². The van der Waals surface area contributed by atoms with Gasteiger partial charge in [-0.05, 0) is 39.6 Å². The lowest BCUT2D eigenvalue weighted by molar-refractivity contribution is 0.00578. The molecule has 1 fully saturated rings. The topological polar surface area (TPSA) is 27.7 Å². The summed E-state index contributed by atoms with van der Waals surface area (Å²) in [5.41, 5.74) is 0.744. The molecule has 0 spiro atoms. The van der Waals surface area contributed by atoms with E-state index in [1.54, 1.807) is 0 Å². The van der Waals surface area contributed by atoms with Crippen LogP contribution < -0.4 is 0 Å². The minimum atomic E-state index is -0.239. The molecule has 0 saturated carbocycles. The molecular formula is C15H31BO3. The van der Waals surface area contributed by atoms with Crippen molar-refractivity contribution in [1.82, 2.24) is 0 Å². The molecule has 112 valence electrons. The van der Waals surface area contributed by atoms with Crippen LogP contribution in [0.2, 0.25) is 0 Å². The molecule has 0 radical (unpaired) electrons. The highest BCUT2D eigenvalue weighted by Crippen LogP contribution is 2.39. The van der Waals surface area contributed by atoms with Gasteiger partial charge in [0.15, 0.2) is 0 Å². The molecule has 0 aromatic rings. The second-order valence-electron chi connectivity index (χ2n) is 5.19. The van der Waals surface area contributed by atoms with Gasteiger partial charge in [-0.3, -0.25) is 0 Å². The molecular weight excluding hydrogens is 239 g/mol. The molecule has 0 amide bonds. The third kappa shape index (κ3) is 4.62. The lowest BCUT2D eigenvalue weighted by Gasteiger charge is -2.32. The number of ether oxygens (including phenoxy) is 1. The predicted octanol–water partition coefficient (Wildman–Crippen LogP) is 4.02. The highest BCUT2D eigenvalue weighted by atomic mass is 16.7. The van der Waals surface area contributed by atoms with Crippen LogP contribution in [0.1, 0.15) is 61.8 Å². The van der Waals surface area contributed by atoms with E-state index in [9.17, 15) is 0 Å². The second kappa shape index (κ2) is 8.08. The zero-order valence-corrected chi connectivity index (χ0v) is 14.0. The van der Waals surface area contributed by atoms with E-state index in [1.807, 2.05) is 27.7 Å². The molecule has 0 aromatic carbocycles. The van der Waals surface area contributed by atoms with Crippen LogP contribution in [-0.2, 0) is 14.0 Å². The molecule has 0 aromatic heterocycles. The summed E-state index contributed by atoms with van der Waals surface area (Å²) in [7, 11) is -0.182. The van der Waals surface area contributed by atoms with Crippen LogP contribution in [0.15, 0.2) is 11.5 Å². The van der Waals surface area contributed by atoms with Crippen LogP contribution in [-0.4, -0.2) is 31.5 Å². The molecule has 3 nitrogen and oxygen atoms in total. The maximum Gasteiger partial charge on any atom is 0.490 e. The van der Waals surface area contributed by atoms with Gasteiger partial charge in [0, 0.05) is 0 Å². The Bertz CT molecular complexity index is 269. The lowest BCUT2D eigenvalue weighted by Crippen LogP contribution is -2.41. The molecule has 19 heavy (non-hydrogen) atoms. The van der Waals surface area contributed by atoms with Crippen LogP contribution in [0.25, 0.3) is 0 Å². The van der Waals surface area contributed by atoms with Crippen molar-refractivity contribution in [2.45, 2.75) is 73.0 Å². The fraction of sp³-hybridized carbons (Fsp3) is 0.867. The Labute approximate surface area is 119 Å². The van der Waals surface area contributed by atoms with Gasteiger partial charge >= 0.3 is 7.12 Å². The van der Waals surface area contributed by atoms with E-state index in [0.717, 1.165) is 13.0 Å². The van der Waals surface area contributed by atoms with Gasteiger partial charge in [0.05, 0.1) is 24.4 Å². The van der Waals surface area contributed by atoms with E-state index >= 15 is 0 Å². The third-order valence-corrected chi connectivity index (χ3v) is 3.55. The van der Waals surface area contributed by atoms with Gasteiger partial charge in [0.25, 0.3) is 0 Å². The monoisotopic (exact) mass is 270 g/mol. The quantitative estimate of drug-likeness (QED) is 0.673. The predicted molar refractivity (Wildman–Crippen MR) is 82.3 cm³/mol. The van der Waals surface area contributed by atoms with Crippen molar-refractivity contribution >= 4 is 7.12 Å². The summed E-state index contributed by atoms with van der Waals surface area (Å²) in [4.78, 5) is 0. The minimum Gasteiger partial charge on any atom is -0.400 e. The Morgan fingerprint density at radius 2 is 1.42 bits per heavy atom. The number of rotatable bonds is 1. The first-order chi connectivity index (χ1) is 8.92. The Morgan fingerprint density at radius 3 is 1.79 bits per heavy atom. The van der Waals surface area contributed by atoms with E-state index in [0.29, 0.717) is 6.61 Å². The molecule has 0 aliphatic carbocycles. The molecule has 1 saturated heterocycles. The first kappa shape index (κ1) is 18.7. The molecule has 2 aliphatic rings. The summed E-state index contributed by atoms with van der Waals surface area (Å²) in [5.74, 6) is 0. The first-order valence-electron chi connectivity index (χ1n) is 7.55. The zero-order valence-electron chi connectivity index (χ0n) is 14.0. The maximum atomic E-state index is 5.96. The molecule has 0 atom stereocenters. The van der Waals surface area contributed by atoms with E-state index in [-0.39, 0.29) is 18.3 Å². The molecule has 4 heteroatoms. The average molecular weight is 270 g/mol. The van der Waals surface area contributed by atoms with Crippen LogP contribution >= 0.6 is 0 Å². The highest BCUT2D eigenvalue weighted by Gasteiger charge is 2.52. The Morgan fingerprint density at radius 1 is 0.947 bits per heavy atom. The SMILES string of the molecule is CC.CC.CC1(C)OB(C2=CCOCC2)OC1(C)C. The van der Waals surface area contributed by atoms with Crippen molar-refractivity contribution < 1.29 is 14.0 Å². The van der Waals surface area contributed by atoms with Gasteiger partial charge in [0.1, 0.15) is 0 Å². The van der Waals surface area contributed by atoms with Crippen LogP contribution in [0, 0.1) is 0 Å². The summed E-state index contributed by atoms with van der Waals surface area (Å²) in [6.45, 7) is 17.8. The fourth-order valence-corrected chi connectivity index (χ4v) is 1.75. The van der Waals surface area contributed by atoms with Crippen molar-refractivity contribution in [3.05, 3.63) is 11.5 Å². The maximum absolute atomic E-state index is 5.96. The highest BCUT2D eigenvalue weighted by molar-refractivity contribution is 6.54.